The monoisotopic (exact) mass is 683 g/mol. The average Bonchev–Trinajstić information content (AvgIpc) is 3.31. The molecule has 1 saturated carbocycles. The molecule has 1 aliphatic carbocycles. The number of imidazole rings is 1. The van der Waals surface area contributed by atoms with Gasteiger partial charge in [-0.2, -0.15) is 13.2 Å². The van der Waals surface area contributed by atoms with Gasteiger partial charge < -0.3 is 24.7 Å². The minimum Gasteiger partial charge on any atom is -0.484 e. The molecule has 0 bridgehead atoms. The number of nitrogens with one attached hydrogen (secondary N) is 2. The van der Waals surface area contributed by atoms with Gasteiger partial charge in [-0.1, -0.05) is 32.4 Å². The van der Waals surface area contributed by atoms with Gasteiger partial charge >= 0.3 is 12.5 Å². The molecule has 1 amide bonds. The van der Waals surface area contributed by atoms with E-state index < -0.39 is 30.6 Å². The molecule has 0 saturated heterocycles. The van der Waals surface area contributed by atoms with Crippen molar-refractivity contribution >= 4 is 40.2 Å². The summed E-state index contributed by atoms with van der Waals surface area (Å²) in [5.74, 6) is 0.397. The van der Waals surface area contributed by atoms with Crippen molar-refractivity contribution in [1.82, 2.24) is 19.9 Å². The van der Waals surface area contributed by atoms with Crippen LogP contribution < -0.4 is 20.1 Å². The van der Waals surface area contributed by atoms with Crippen molar-refractivity contribution in [2.24, 2.45) is 11.3 Å². The Hall–Kier alpha value is -4.20. The summed E-state index contributed by atoms with van der Waals surface area (Å²) in [6.45, 7) is 6.06. The van der Waals surface area contributed by atoms with Crippen LogP contribution in [0.1, 0.15) is 57.3 Å². The fraction of sp³-hybridized carbons (Fsp3) is 0.406. The maximum absolute atomic E-state index is 12.9. The van der Waals surface area contributed by atoms with Crippen LogP contribution in [0.15, 0.2) is 54.7 Å². The number of hydrogen-bond acceptors (Lipinski definition) is 6. The van der Waals surface area contributed by atoms with E-state index in [1.165, 1.54) is 24.3 Å². The van der Waals surface area contributed by atoms with Crippen molar-refractivity contribution in [3.8, 4) is 11.5 Å². The molecule has 252 valence electrons. The van der Waals surface area contributed by atoms with Crippen molar-refractivity contribution in [2.75, 3.05) is 11.9 Å². The first-order chi connectivity index (χ1) is 22.0. The predicted octanol–water partition coefficient (Wildman–Crippen LogP) is 8.83. The van der Waals surface area contributed by atoms with Crippen LogP contribution in [0.5, 0.6) is 11.5 Å². The number of amides is 1. The highest BCUT2D eigenvalue weighted by Crippen LogP contribution is 2.46. The van der Waals surface area contributed by atoms with Crippen molar-refractivity contribution in [2.45, 2.75) is 65.2 Å². The Bertz CT molecular complexity index is 1740. The standard InChI is InChI=1S/C32H32ClF6N5O3/c1-18-10-21(14-30(2,3)13-18)44-27-9-8-23(46-17-28(45)41-16-26-24(33)11-19(15-40-26)31(34,35)36)12-25(27)43-29(44)42-20-4-6-22(7-5-20)47-32(37,38)39/h4-9,11-12,15,18,21H,10,13-14,16-17H2,1-3H3,(H,41,45)(H,42,43)/t18-,21+/m1/s1. The van der Waals surface area contributed by atoms with E-state index in [4.69, 9.17) is 21.3 Å². The number of carbonyl (C=O) groups is 1. The molecule has 0 radical (unpaired) electrons. The Labute approximate surface area is 271 Å². The Balaban J connectivity index is 1.32. The Morgan fingerprint density at radius 1 is 1.04 bits per heavy atom. The topological polar surface area (TPSA) is 90.3 Å². The molecule has 2 atom stereocenters. The number of halogens is 7. The number of carbonyl (C=O) groups excluding carboxylic acids is 1. The molecule has 1 fully saturated rings. The molecule has 15 heteroatoms. The number of rotatable bonds is 9. The zero-order valence-corrected chi connectivity index (χ0v) is 26.4. The fourth-order valence-electron chi connectivity index (χ4n) is 6.12. The van der Waals surface area contributed by atoms with Crippen LogP contribution in [0.2, 0.25) is 5.02 Å². The third kappa shape index (κ3) is 8.79. The number of benzene rings is 2. The van der Waals surface area contributed by atoms with Gasteiger partial charge in [-0.05, 0) is 73.1 Å². The maximum atomic E-state index is 12.9. The van der Waals surface area contributed by atoms with Gasteiger partial charge in [0, 0.05) is 24.0 Å². The second kappa shape index (κ2) is 13.1. The summed E-state index contributed by atoms with van der Waals surface area (Å²) in [6, 6.07) is 11.4. The normalized spacial score (nSPS) is 18.2. The maximum Gasteiger partial charge on any atom is 0.573 e. The zero-order chi connectivity index (χ0) is 34.1. The summed E-state index contributed by atoms with van der Waals surface area (Å²) in [6.07, 6.45) is -5.89. The number of ether oxygens (including phenoxy) is 2. The quantitative estimate of drug-likeness (QED) is 0.171. The third-order valence-corrected chi connectivity index (χ3v) is 8.13. The van der Waals surface area contributed by atoms with Gasteiger partial charge in [-0.3, -0.25) is 9.78 Å². The third-order valence-electron chi connectivity index (χ3n) is 7.80. The Kier molecular flexibility index (Phi) is 9.54. The molecule has 5 rings (SSSR count). The minimum absolute atomic E-state index is 0.0720. The van der Waals surface area contributed by atoms with E-state index in [9.17, 15) is 31.1 Å². The van der Waals surface area contributed by atoms with E-state index in [0.29, 0.717) is 35.0 Å². The van der Waals surface area contributed by atoms with Gasteiger partial charge in [0.25, 0.3) is 5.91 Å². The lowest BCUT2D eigenvalue weighted by molar-refractivity contribution is -0.274. The summed E-state index contributed by atoms with van der Waals surface area (Å²) < 4.78 is 88.3. The molecule has 2 aromatic carbocycles. The summed E-state index contributed by atoms with van der Waals surface area (Å²) in [7, 11) is 0. The SMILES string of the molecule is C[C@@H]1C[C@H](n2c(Nc3ccc(OC(F)(F)F)cc3)nc3cc(OCC(=O)NCc4ncc(C(F)(F)F)cc4Cl)ccc32)CC(C)(C)C1. The molecule has 8 nitrogen and oxygen atoms in total. The van der Waals surface area contributed by atoms with Crippen LogP contribution >= 0.6 is 11.6 Å². The number of nitrogens with zero attached hydrogens (tertiary/aromatic N) is 3. The van der Waals surface area contributed by atoms with Gasteiger partial charge in [0.2, 0.25) is 5.95 Å². The van der Waals surface area contributed by atoms with Gasteiger partial charge in [-0.15, -0.1) is 13.2 Å². The number of anilines is 2. The van der Waals surface area contributed by atoms with E-state index in [2.05, 4.69) is 45.7 Å². The van der Waals surface area contributed by atoms with E-state index in [-0.39, 0.29) is 34.5 Å². The van der Waals surface area contributed by atoms with Crippen molar-refractivity contribution in [3.63, 3.8) is 0 Å². The number of aromatic nitrogens is 3. The molecule has 0 unspecified atom stereocenters. The molecule has 4 aromatic rings. The van der Waals surface area contributed by atoms with Crippen LogP contribution in [0.3, 0.4) is 0 Å². The molecule has 47 heavy (non-hydrogen) atoms. The van der Waals surface area contributed by atoms with Gasteiger partial charge in [0.15, 0.2) is 6.61 Å². The summed E-state index contributed by atoms with van der Waals surface area (Å²) in [5.41, 5.74) is 1.03. The van der Waals surface area contributed by atoms with E-state index >= 15 is 0 Å². The molecule has 2 aromatic heterocycles. The first-order valence-corrected chi connectivity index (χ1v) is 15.1. The summed E-state index contributed by atoms with van der Waals surface area (Å²) >= 11 is 5.92. The van der Waals surface area contributed by atoms with Gasteiger partial charge in [0.1, 0.15) is 11.5 Å². The van der Waals surface area contributed by atoms with Crippen LogP contribution in [-0.4, -0.2) is 33.4 Å². The van der Waals surface area contributed by atoms with Crippen LogP contribution in [0.25, 0.3) is 11.0 Å². The number of pyridine rings is 1. The molecule has 2 heterocycles. The number of hydrogen-bond donors (Lipinski definition) is 2. The van der Waals surface area contributed by atoms with Crippen LogP contribution in [0, 0.1) is 11.3 Å². The fourth-order valence-corrected chi connectivity index (χ4v) is 6.35. The first kappa shape index (κ1) is 34.1. The first-order valence-electron chi connectivity index (χ1n) is 14.7. The molecule has 2 N–H and O–H groups in total. The lowest BCUT2D eigenvalue weighted by atomic mass is 9.70. The number of alkyl halides is 6. The second-order valence-corrected chi connectivity index (χ2v) is 12.8. The van der Waals surface area contributed by atoms with Gasteiger partial charge in [0.05, 0.1) is 33.9 Å². The van der Waals surface area contributed by atoms with Crippen molar-refractivity contribution < 1.29 is 40.6 Å². The molecule has 1 aliphatic rings. The van der Waals surface area contributed by atoms with Crippen LogP contribution in [0.4, 0.5) is 38.0 Å². The average molecular weight is 684 g/mol. The molecular formula is C32H32ClF6N5O3. The largest absolute Gasteiger partial charge is 0.573 e. The van der Waals surface area contributed by atoms with E-state index in [0.717, 1.165) is 30.8 Å². The Morgan fingerprint density at radius 2 is 1.74 bits per heavy atom. The summed E-state index contributed by atoms with van der Waals surface area (Å²) in [5, 5.41) is 5.54. The van der Waals surface area contributed by atoms with Crippen molar-refractivity contribution in [1.29, 1.82) is 0 Å². The molecule has 0 aliphatic heterocycles. The lowest BCUT2D eigenvalue weighted by Crippen LogP contribution is -2.29. The highest BCUT2D eigenvalue weighted by molar-refractivity contribution is 6.31. The van der Waals surface area contributed by atoms with E-state index in [1.807, 2.05) is 6.07 Å². The van der Waals surface area contributed by atoms with Crippen molar-refractivity contribution in [3.05, 3.63) is 71.0 Å². The molecule has 0 spiro atoms. The highest BCUT2D eigenvalue weighted by atomic mass is 35.5. The summed E-state index contributed by atoms with van der Waals surface area (Å²) in [4.78, 5) is 21.0. The number of fused-ring (bicyclic) bond motifs is 1. The highest BCUT2D eigenvalue weighted by Gasteiger charge is 2.35. The van der Waals surface area contributed by atoms with E-state index in [1.54, 1.807) is 12.1 Å². The zero-order valence-electron chi connectivity index (χ0n) is 25.6. The Morgan fingerprint density at radius 3 is 2.38 bits per heavy atom. The lowest BCUT2D eigenvalue weighted by Gasteiger charge is -2.40. The predicted molar refractivity (Wildman–Crippen MR) is 164 cm³/mol. The minimum atomic E-state index is -4.80. The smallest absolute Gasteiger partial charge is 0.484 e. The molecular weight excluding hydrogens is 652 g/mol. The van der Waals surface area contributed by atoms with Gasteiger partial charge in [-0.25, -0.2) is 4.98 Å². The second-order valence-electron chi connectivity index (χ2n) is 12.4. The van der Waals surface area contributed by atoms with Crippen LogP contribution in [-0.2, 0) is 17.5 Å².